The van der Waals surface area contributed by atoms with Crippen molar-refractivity contribution in [3.63, 3.8) is 0 Å². The summed E-state index contributed by atoms with van der Waals surface area (Å²) in [6.45, 7) is 3.70. The highest BCUT2D eigenvalue weighted by Crippen LogP contribution is 2.30. The molecule has 1 atom stereocenters. The van der Waals surface area contributed by atoms with Crippen molar-refractivity contribution in [3.8, 4) is 0 Å². The molecule has 4 heteroatoms. The van der Waals surface area contributed by atoms with E-state index in [1.807, 2.05) is 0 Å². The van der Waals surface area contributed by atoms with Crippen LogP contribution in [0.2, 0.25) is 0 Å². The number of likely N-dealkylation sites (tertiary alicyclic amines) is 1. The summed E-state index contributed by atoms with van der Waals surface area (Å²) in [6.07, 6.45) is 0.798. The predicted octanol–water partition coefficient (Wildman–Crippen LogP) is 1.39. The van der Waals surface area contributed by atoms with Gasteiger partial charge >= 0.3 is 6.09 Å². The lowest BCUT2D eigenvalue weighted by Crippen LogP contribution is -2.31. The maximum atomic E-state index is 11.1. The van der Waals surface area contributed by atoms with Crippen LogP contribution in [-0.2, 0) is 4.74 Å². The molecule has 1 fully saturated rings. The van der Waals surface area contributed by atoms with Crippen LogP contribution in [0.25, 0.3) is 0 Å². The summed E-state index contributed by atoms with van der Waals surface area (Å²) >= 11 is 4.26. The van der Waals surface area contributed by atoms with Gasteiger partial charge in [-0.25, -0.2) is 4.79 Å². The molecule has 1 aliphatic rings. The Kier molecular flexibility index (Phi) is 2.88. The number of hydrogen-bond acceptors (Lipinski definition) is 3. The zero-order valence-electron chi connectivity index (χ0n) is 7.54. The van der Waals surface area contributed by atoms with E-state index in [1.165, 1.54) is 7.11 Å². The van der Waals surface area contributed by atoms with Gasteiger partial charge in [0.2, 0.25) is 0 Å². The van der Waals surface area contributed by atoms with Crippen LogP contribution in [0.4, 0.5) is 4.79 Å². The minimum absolute atomic E-state index is 0.178. The third-order valence-electron chi connectivity index (χ3n) is 2.37. The Balaban J connectivity index is 2.50. The first-order valence-corrected chi connectivity index (χ1v) is 4.68. The minimum Gasteiger partial charge on any atom is -0.453 e. The van der Waals surface area contributed by atoms with Crippen LogP contribution in [0.3, 0.4) is 0 Å². The zero-order valence-corrected chi connectivity index (χ0v) is 8.43. The Bertz CT molecular complexity index is 186. The molecule has 1 saturated heterocycles. The molecular formula is C8H15NO2S. The van der Waals surface area contributed by atoms with Crippen molar-refractivity contribution in [1.29, 1.82) is 0 Å². The molecule has 1 aliphatic heterocycles. The molecule has 3 nitrogen and oxygen atoms in total. The summed E-state index contributed by atoms with van der Waals surface area (Å²) in [5.41, 5.74) is 0.178. The van der Waals surface area contributed by atoms with Crippen molar-refractivity contribution >= 4 is 18.7 Å². The molecule has 70 valence electrons. The largest absolute Gasteiger partial charge is 0.453 e. The third-order valence-corrected chi connectivity index (χ3v) is 3.14. The number of methoxy groups -OCH3 is 1. The Morgan fingerprint density at radius 2 is 2.42 bits per heavy atom. The Hall–Kier alpha value is -0.380. The number of carbonyl (C=O) groups excluding carboxylic acids is 1. The van der Waals surface area contributed by atoms with E-state index in [2.05, 4.69) is 24.3 Å². The van der Waals surface area contributed by atoms with Crippen LogP contribution < -0.4 is 0 Å². The fraction of sp³-hybridized carbons (Fsp3) is 0.875. The number of rotatable bonds is 1. The van der Waals surface area contributed by atoms with E-state index in [0.29, 0.717) is 0 Å². The fourth-order valence-corrected chi connectivity index (χ4v) is 1.70. The van der Waals surface area contributed by atoms with Crippen molar-refractivity contribution < 1.29 is 9.53 Å². The second-order valence-corrected chi connectivity index (χ2v) is 3.93. The van der Waals surface area contributed by atoms with Gasteiger partial charge in [0.05, 0.1) is 7.11 Å². The maximum absolute atomic E-state index is 11.1. The summed E-state index contributed by atoms with van der Waals surface area (Å²) in [7, 11) is 1.42. The third kappa shape index (κ3) is 1.86. The fourth-order valence-electron chi connectivity index (χ4n) is 1.44. The van der Waals surface area contributed by atoms with Crippen LogP contribution in [0, 0.1) is 5.41 Å². The first kappa shape index (κ1) is 9.71. The SMILES string of the molecule is COC(=O)N1CCC(C)(CS)C1. The normalized spacial score (nSPS) is 29.1. The predicted molar refractivity (Wildman–Crippen MR) is 50.6 cm³/mol. The van der Waals surface area contributed by atoms with Gasteiger partial charge in [0.1, 0.15) is 0 Å². The van der Waals surface area contributed by atoms with Gasteiger partial charge in [0, 0.05) is 13.1 Å². The van der Waals surface area contributed by atoms with Crippen LogP contribution in [-0.4, -0.2) is 36.9 Å². The molecule has 1 heterocycles. The maximum Gasteiger partial charge on any atom is 0.409 e. The van der Waals surface area contributed by atoms with E-state index < -0.39 is 0 Å². The van der Waals surface area contributed by atoms with Gasteiger partial charge in [-0.3, -0.25) is 0 Å². The summed E-state index contributed by atoms with van der Waals surface area (Å²) in [4.78, 5) is 12.8. The Morgan fingerprint density at radius 3 is 2.83 bits per heavy atom. The molecule has 1 rings (SSSR count). The first-order valence-electron chi connectivity index (χ1n) is 4.05. The van der Waals surface area contributed by atoms with Gasteiger partial charge < -0.3 is 9.64 Å². The van der Waals surface area contributed by atoms with Gasteiger partial charge in [-0.2, -0.15) is 12.6 Å². The van der Waals surface area contributed by atoms with Crippen molar-refractivity contribution in [2.24, 2.45) is 5.41 Å². The van der Waals surface area contributed by atoms with Crippen LogP contribution in [0.1, 0.15) is 13.3 Å². The van der Waals surface area contributed by atoms with Gasteiger partial charge in [0.15, 0.2) is 0 Å². The van der Waals surface area contributed by atoms with Crippen molar-refractivity contribution in [3.05, 3.63) is 0 Å². The van der Waals surface area contributed by atoms with Crippen molar-refractivity contribution in [2.75, 3.05) is 26.0 Å². The molecule has 0 aromatic heterocycles. The first-order chi connectivity index (χ1) is 5.61. The smallest absolute Gasteiger partial charge is 0.409 e. The second kappa shape index (κ2) is 3.56. The Labute approximate surface area is 78.5 Å². The highest BCUT2D eigenvalue weighted by molar-refractivity contribution is 7.80. The molecule has 1 amide bonds. The van der Waals surface area contributed by atoms with E-state index >= 15 is 0 Å². The molecule has 0 radical (unpaired) electrons. The second-order valence-electron chi connectivity index (χ2n) is 3.61. The van der Waals surface area contributed by atoms with E-state index in [-0.39, 0.29) is 11.5 Å². The number of hydrogen-bond donors (Lipinski definition) is 1. The lowest BCUT2D eigenvalue weighted by Gasteiger charge is -2.21. The van der Waals surface area contributed by atoms with Crippen molar-refractivity contribution in [2.45, 2.75) is 13.3 Å². The topological polar surface area (TPSA) is 29.5 Å². The van der Waals surface area contributed by atoms with Gasteiger partial charge in [0.25, 0.3) is 0 Å². The standard InChI is InChI=1S/C8H15NO2S/c1-8(6-12)3-4-9(5-8)7(10)11-2/h12H,3-6H2,1-2H3. The molecule has 0 spiro atoms. The molecule has 0 aromatic carbocycles. The van der Waals surface area contributed by atoms with Crippen LogP contribution in [0.5, 0.6) is 0 Å². The minimum atomic E-state index is -0.222. The average molecular weight is 189 g/mol. The van der Waals surface area contributed by atoms with Gasteiger partial charge in [-0.1, -0.05) is 6.92 Å². The van der Waals surface area contributed by atoms with E-state index in [4.69, 9.17) is 0 Å². The molecule has 0 bridgehead atoms. The molecule has 12 heavy (non-hydrogen) atoms. The quantitative estimate of drug-likeness (QED) is 0.632. The number of carbonyl (C=O) groups is 1. The number of thiol groups is 1. The monoisotopic (exact) mass is 189 g/mol. The lowest BCUT2D eigenvalue weighted by molar-refractivity contribution is 0.129. The number of ether oxygens (including phenoxy) is 1. The Morgan fingerprint density at radius 1 is 1.75 bits per heavy atom. The summed E-state index contributed by atoms with van der Waals surface area (Å²) in [5.74, 6) is 0.820. The molecule has 0 aliphatic carbocycles. The summed E-state index contributed by atoms with van der Waals surface area (Å²) < 4.78 is 4.63. The average Bonchev–Trinajstić information content (AvgIpc) is 2.48. The summed E-state index contributed by atoms with van der Waals surface area (Å²) in [6, 6.07) is 0. The van der Waals surface area contributed by atoms with E-state index in [0.717, 1.165) is 25.3 Å². The number of amides is 1. The molecule has 0 N–H and O–H groups in total. The van der Waals surface area contributed by atoms with Gasteiger partial charge in [-0.05, 0) is 17.6 Å². The van der Waals surface area contributed by atoms with Crippen LogP contribution in [0.15, 0.2) is 0 Å². The molecule has 0 aromatic rings. The molecule has 1 unspecified atom stereocenters. The zero-order chi connectivity index (χ0) is 9.19. The van der Waals surface area contributed by atoms with E-state index in [9.17, 15) is 4.79 Å². The van der Waals surface area contributed by atoms with Crippen molar-refractivity contribution in [1.82, 2.24) is 4.90 Å². The summed E-state index contributed by atoms with van der Waals surface area (Å²) in [5, 5.41) is 0. The van der Waals surface area contributed by atoms with E-state index in [1.54, 1.807) is 4.90 Å². The molecular weight excluding hydrogens is 174 g/mol. The van der Waals surface area contributed by atoms with Crippen LogP contribution >= 0.6 is 12.6 Å². The molecule has 0 saturated carbocycles. The number of nitrogens with zero attached hydrogens (tertiary/aromatic N) is 1. The van der Waals surface area contributed by atoms with Gasteiger partial charge in [-0.15, -0.1) is 0 Å². The highest BCUT2D eigenvalue weighted by atomic mass is 32.1. The lowest BCUT2D eigenvalue weighted by atomic mass is 9.93. The highest BCUT2D eigenvalue weighted by Gasteiger charge is 2.35.